The van der Waals surface area contributed by atoms with Crippen molar-refractivity contribution in [3.05, 3.63) is 101 Å². The van der Waals surface area contributed by atoms with Crippen LogP contribution in [0.4, 0.5) is 5.69 Å². The van der Waals surface area contributed by atoms with Gasteiger partial charge in [-0.3, -0.25) is 9.59 Å². The molecule has 0 spiro atoms. The fourth-order valence-electron chi connectivity index (χ4n) is 4.14. The molecular formula is C28H28N2O3. The van der Waals surface area contributed by atoms with Gasteiger partial charge >= 0.3 is 0 Å². The number of anilines is 1. The topological polar surface area (TPSA) is 49.9 Å². The van der Waals surface area contributed by atoms with E-state index in [1.54, 1.807) is 0 Å². The van der Waals surface area contributed by atoms with Crippen LogP contribution in [-0.4, -0.2) is 29.9 Å². The summed E-state index contributed by atoms with van der Waals surface area (Å²) in [4.78, 5) is 30.8. The molecule has 0 bridgehead atoms. The highest BCUT2D eigenvalue weighted by Crippen LogP contribution is 2.36. The molecular weight excluding hydrogens is 412 g/mol. The molecule has 3 aromatic carbocycles. The molecule has 1 aliphatic rings. The Morgan fingerprint density at radius 3 is 2.12 bits per heavy atom. The lowest BCUT2D eigenvalue weighted by Crippen LogP contribution is -2.35. The number of aryl methyl sites for hydroxylation is 1. The number of para-hydroxylation sites is 1. The van der Waals surface area contributed by atoms with E-state index < -0.39 is 0 Å². The molecule has 5 nitrogen and oxygen atoms in total. The van der Waals surface area contributed by atoms with Gasteiger partial charge in [0, 0.05) is 13.1 Å². The largest absolute Gasteiger partial charge is 0.494 e. The molecule has 3 aromatic rings. The van der Waals surface area contributed by atoms with Crippen LogP contribution >= 0.6 is 0 Å². The molecule has 0 radical (unpaired) electrons. The number of nitrogens with zero attached hydrogens (tertiary/aromatic N) is 2. The van der Waals surface area contributed by atoms with Crippen LogP contribution in [0.15, 0.2) is 84.6 Å². The summed E-state index contributed by atoms with van der Waals surface area (Å²) in [6.45, 7) is 7.52. The number of rotatable bonds is 8. The lowest BCUT2D eigenvalue weighted by molar-refractivity contribution is -0.120. The maximum absolute atomic E-state index is 13.8. The number of carbonyl (C=O) groups excluding carboxylic acids is 2. The van der Waals surface area contributed by atoms with Crippen molar-refractivity contribution in [1.29, 1.82) is 0 Å². The Morgan fingerprint density at radius 1 is 0.818 bits per heavy atom. The van der Waals surface area contributed by atoms with Crippen molar-refractivity contribution in [2.75, 3.05) is 18.1 Å². The first-order valence-corrected chi connectivity index (χ1v) is 11.3. The number of amides is 2. The van der Waals surface area contributed by atoms with Crippen molar-refractivity contribution in [3.8, 4) is 5.75 Å². The van der Waals surface area contributed by atoms with Crippen molar-refractivity contribution < 1.29 is 14.3 Å². The van der Waals surface area contributed by atoms with E-state index in [1.807, 2.05) is 105 Å². The zero-order valence-electron chi connectivity index (χ0n) is 19.2. The number of likely N-dealkylation sites (N-methyl/N-ethyl adjacent to an activating group) is 1. The van der Waals surface area contributed by atoms with Gasteiger partial charge in [0.2, 0.25) is 0 Å². The highest BCUT2D eigenvalue weighted by molar-refractivity contribution is 6.45. The molecule has 1 heterocycles. The molecule has 0 aliphatic carbocycles. The fraction of sp³-hybridized carbons (Fsp3) is 0.214. The first-order valence-electron chi connectivity index (χ1n) is 11.3. The van der Waals surface area contributed by atoms with Crippen LogP contribution in [0.25, 0.3) is 5.57 Å². The van der Waals surface area contributed by atoms with Gasteiger partial charge in [0.25, 0.3) is 11.8 Å². The van der Waals surface area contributed by atoms with Gasteiger partial charge in [-0.2, -0.15) is 0 Å². The predicted molar refractivity (Wildman–Crippen MR) is 131 cm³/mol. The predicted octanol–water partition coefficient (Wildman–Crippen LogP) is 5.20. The molecule has 0 aromatic heterocycles. The van der Waals surface area contributed by atoms with Gasteiger partial charge in [-0.15, -0.1) is 0 Å². The Morgan fingerprint density at radius 2 is 1.48 bits per heavy atom. The molecule has 1 aliphatic heterocycles. The van der Waals surface area contributed by atoms with Crippen LogP contribution in [0, 0.1) is 6.92 Å². The lowest BCUT2D eigenvalue weighted by Gasteiger charge is -2.25. The van der Waals surface area contributed by atoms with Gasteiger partial charge in [0.1, 0.15) is 11.4 Å². The minimum Gasteiger partial charge on any atom is -0.494 e. The van der Waals surface area contributed by atoms with Gasteiger partial charge in [-0.1, -0.05) is 60.7 Å². The lowest BCUT2D eigenvalue weighted by atomic mass is 10.0. The molecule has 0 N–H and O–H groups in total. The Labute approximate surface area is 194 Å². The molecule has 33 heavy (non-hydrogen) atoms. The summed E-state index contributed by atoms with van der Waals surface area (Å²) >= 11 is 0. The molecule has 4 rings (SSSR count). The molecule has 168 valence electrons. The van der Waals surface area contributed by atoms with Crippen molar-refractivity contribution >= 4 is 23.1 Å². The van der Waals surface area contributed by atoms with E-state index in [2.05, 4.69) is 0 Å². The zero-order valence-corrected chi connectivity index (χ0v) is 19.2. The monoisotopic (exact) mass is 440 g/mol. The smallest absolute Gasteiger partial charge is 0.282 e. The van der Waals surface area contributed by atoms with E-state index in [9.17, 15) is 9.59 Å². The van der Waals surface area contributed by atoms with E-state index in [0.717, 1.165) is 16.9 Å². The van der Waals surface area contributed by atoms with Gasteiger partial charge in [-0.05, 0) is 55.7 Å². The number of imide groups is 1. The minimum atomic E-state index is -0.306. The summed E-state index contributed by atoms with van der Waals surface area (Å²) in [6, 6.07) is 24.8. The van der Waals surface area contributed by atoms with Crippen LogP contribution in [0.5, 0.6) is 5.75 Å². The van der Waals surface area contributed by atoms with E-state index >= 15 is 0 Å². The molecule has 0 saturated heterocycles. The highest BCUT2D eigenvalue weighted by atomic mass is 16.5. The van der Waals surface area contributed by atoms with Crippen LogP contribution in [0.3, 0.4) is 0 Å². The van der Waals surface area contributed by atoms with Crippen molar-refractivity contribution in [2.24, 2.45) is 0 Å². The van der Waals surface area contributed by atoms with Crippen LogP contribution in [0.2, 0.25) is 0 Å². The zero-order chi connectivity index (χ0) is 23.4. The van der Waals surface area contributed by atoms with E-state index in [-0.39, 0.29) is 11.8 Å². The van der Waals surface area contributed by atoms with Gasteiger partial charge in [-0.25, -0.2) is 4.90 Å². The Hall–Kier alpha value is -3.86. The number of benzene rings is 3. The molecule has 0 unspecified atom stereocenters. The van der Waals surface area contributed by atoms with E-state index in [4.69, 9.17) is 4.74 Å². The SMILES string of the molecule is CCOc1ccc(C2=C(N(CC)Cc3ccccc3)C(=O)N(c3ccccc3C)C2=O)cc1. The first-order chi connectivity index (χ1) is 16.0. The quantitative estimate of drug-likeness (QED) is 0.452. The highest BCUT2D eigenvalue weighted by Gasteiger charge is 2.42. The third-order valence-electron chi connectivity index (χ3n) is 5.78. The number of hydrogen-bond acceptors (Lipinski definition) is 4. The molecule has 0 atom stereocenters. The normalized spacial score (nSPS) is 13.6. The fourth-order valence-corrected chi connectivity index (χ4v) is 4.14. The maximum atomic E-state index is 13.8. The van der Waals surface area contributed by atoms with E-state index in [1.165, 1.54) is 4.90 Å². The molecule has 2 amide bonds. The van der Waals surface area contributed by atoms with Crippen molar-refractivity contribution in [3.63, 3.8) is 0 Å². The Bertz CT molecular complexity index is 1180. The van der Waals surface area contributed by atoms with Crippen molar-refractivity contribution in [2.45, 2.75) is 27.3 Å². The number of carbonyl (C=O) groups is 2. The second-order valence-corrected chi connectivity index (χ2v) is 7.91. The first kappa shape index (κ1) is 22.3. The van der Waals surface area contributed by atoms with Gasteiger partial charge in [0.05, 0.1) is 17.9 Å². The summed E-state index contributed by atoms with van der Waals surface area (Å²) in [5.74, 6) is 0.128. The summed E-state index contributed by atoms with van der Waals surface area (Å²) < 4.78 is 5.56. The summed E-state index contributed by atoms with van der Waals surface area (Å²) in [5, 5.41) is 0. The molecule has 0 fully saturated rings. The van der Waals surface area contributed by atoms with Gasteiger partial charge < -0.3 is 9.64 Å². The van der Waals surface area contributed by atoms with E-state index in [0.29, 0.717) is 42.2 Å². The average Bonchev–Trinajstić information content (AvgIpc) is 3.09. The average molecular weight is 441 g/mol. The van der Waals surface area contributed by atoms with Crippen LogP contribution < -0.4 is 9.64 Å². The Balaban J connectivity index is 1.82. The van der Waals surface area contributed by atoms with Crippen molar-refractivity contribution in [1.82, 2.24) is 4.90 Å². The minimum absolute atomic E-state index is 0.295. The Kier molecular flexibility index (Phi) is 6.59. The van der Waals surface area contributed by atoms with Gasteiger partial charge in [0.15, 0.2) is 0 Å². The summed E-state index contributed by atoms with van der Waals surface area (Å²) in [5.41, 5.74) is 4.11. The van der Waals surface area contributed by atoms with Crippen LogP contribution in [0.1, 0.15) is 30.5 Å². The molecule has 5 heteroatoms. The number of ether oxygens (including phenoxy) is 1. The summed E-state index contributed by atoms with van der Waals surface area (Å²) in [7, 11) is 0. The third-order valence-corrected chi connectivity index (χ3v) is 5.78. The third kappa shape index (κ3) is 4.40. The standard InChI is InChI=1S/C28H28N2O3/c1-4-29(19-21-12-7-6-8-13-21)26-25(22-15-17-23(18-16-22)33-5-2)27(31)30(28(26)32)24-14-10-9-11-20(24)3/h6-18H,4-5,19H2,1-3H3. The van der Waals surface area contributed by atoms with Crippen LogP contribution in [-0.2, 0) is 16.1 Å². The summed E-state index contributed by atoms with van der Waals surface area (Å²) in [6.07, 6.45) is 0. The molecule has 0 saturated carbocycles. The number of hydrogen-bond donors (Lipinski definition) is 0. The maximum Gasteiger partial charge on any atom is 0.282 e. The second-order valence-electron chi connectivity index (χ2n) is 7.91. The second kappa shape index (κ2) is 9.74.